The van der Waals surface area contributed by atoms with Gasteiger partial charge in [0.1, 0.15) is 18.4 Å². The van der Waals surface area contributed by atoms with Gasteiger partial charge in [0.25, 0.3) is 5.91 Å². The first kappa shape index (κ1) is 28.8. The molecule has 1 aromatic heterocycles. The Morgan fingerprint density at radius 3 is 2.50 bits per heavy atom. The maximum atomic E-state index is 13.5. The van der Waals surface area contributed by atoms with E-state index in [4.69, 9.17) is 14.8 Å². The second-order valence-electron chi connectivity index (χ2n) is 10.7. The molecular formula is C30H35N7O5. The van der Waals surface area contributed by atoms with Crippen LogP contribution in [0.3, 0.4) is 0 Å². The zero-order valence-corrected chi connectivity index (χ0v) is 23.7. The Hall–Kier alpha value is -4.74. The van der Waals surface area contributed by atoms with Crippen molar-refractivity contribution in [1.29, 1.82) is 0 Å². The maximum absolute atomic E-state index is 13.5. The lowest BCUT2D eigenvalue weighted by Crippen LogP contribution is -2.51. The van der Waals surface area contributed by atoms with Crippen molar-refractivity contribution in [1.82, 2.24) is 35.6 Å². The molecule has 5 rings (SSSR count). The highest BCUT2D eigenvalue weighted by molar-refractivity contribution is 5.95. The number of benzene rings is 2. The van der Waals surface area contributed by atoms with E-state index in [9.17, 15) is 19.2 Å². The molecule has 12 heteroatoms. The van der Waals surface area contributed by atoms with Crippen LogP contribution in [0.5, 0.6) is 5.75 Å². The fourth-order valence-electron chi connectivity index (χ4n) is 5.05. The van der Waals surface area contributed by atoms with Gasteiger partial charge in [-0.05, 0) is 30.5 Å². The molecule has 0 spiro atoms. The van der Waals surface area contributed by atoms with Crippen molar-refractivity contribution in [2.75, 3.05) is 26.2 Å². The van der Waals surface area contributed by atoms with Crippen molar-refractivity contribution in [3.05, 3.63) is 66.0 Å². The summed E-state index contributed by atoms with van der Waals surface area (Å²) in [5.74, 6) is 0.268. The van der Waals surface area contributed by atoms with Crippen LogP contribution in [-0.4, -0.2) is 75.6 Å². The number of nitrogens with zero attached hydrogens (tertiary/aromatic N) is 4. The Balaban J connectivity index is 1.48. The number of hydrogen-bond donors (Lipinski definition) is 3. The smallest absolute Gasteiger partial charge is 0.251 e. The van der Waals surface area contributed by atoms with Crippen molar-refractivity contribution in [3.63, 3.8) is 0 Å². The van der Waals surface area contributed by atoms with Crippen LogP contribution < -0.4 is 20.7 Å². The minimum absolute atomic E-state index is 0.0576. The number of aromatic nitrogens is 3. The van der Waals surface area contributed by atoms with Gasteiger partial charge in [-0.2, -0.15) is 5.10 Å². The van der Waals surface area contributed by atoms with Crippen molar-refractivity contribution in [2.24, 2.45) is 5.92 Å². The van der Waals surface area contributed by atoms with Crippen LogP contribution in [-0.2, 0) is 20.9 Å². The van der Waals surface area contributed by atoms with Gasteiger partial charge in [0.2, 0.25) is 17.7 Å². The monoisotopic (exact) mass is 573 g/mol. The van der Waals surface area contributed by atoms with Crippen LogP contribution in [0.1, 0.15) is 48.9 Å². The largest absolute Gasteiger partial charge is 0.492 e. The van der Waals surface area contributed by atoms with Gasteiger partial charge in [0, 0.05) is 30.6 Å². The van der Waals surface area contributed by atoms with Gasteiger partial charge >= 0.3 is 0 Å². The quantitative estimate of drug-likeness (QED) is 0.432. The molecule has 2 atom stereocenters. The van der Waals surface area contributed by atoms with Crippen molar-refractivity contribution in [2.45, 2.75) is 45.3 Å². The van der Waals surface area contributed by atoms with Crippen LogP contribution in [0.4, 0.5) is 0 Å². The molecule has 2 bridgehead atoms. The zero-order valence-electron chi connectivity index (χ0n) is 23.7. The Morgan fingerprint density at radius 1 is 0.976 bits per heavy atom. The van der Waals surface area contributed by atoms with Crippen molar-refractivity contribution >= 4 is 23.6 Å². The molecule has 3 aromatic rings. The summed E-state index contributed by atoms with van der Waals surface area (Å²) in [7, 11) is 0. The molecule has 0 saturated carbocycles. The summed E-state index contributed by atoms with van der Waals surface area (Å²) in [6, 6.07) is 15.2. The van der Waals surface area contributed by atoms with E-state index < -0.39 is 12.1 Å². The molecular weight excluding hydrogens is 538 g/mol. The molecule has 42 heavy (non-hydrogen) atoms. The lowest BCUT2D eigenvalue weighted by Gasteiger charge is -2.27. The second kappa shape index (κ2) is 12.8. The SMILES string of the molecule is CC(C)[C@@H]1NC(=O)CN(C(=O)[C@H]2CCC(=O)N2)CCNC(=O)c2cccc(c2)OCCn2nc(-c3ccccc3)nc21. The highest BCUT2D eigenvalue weighted by atomic mass is 16.5. The Morgan fingerprint density at radius 2 is 1.76 bits per heavy atom. The number of rotatable bonds is 3. The molecule has 0 aliphatic carbocycles. The van der Waals surface area contributed by atoms with E-state index in [0.717, 1.165) is 5.56 Å². The Kier molecular flexibility index (Phi) is 8.80. The number of carbonyl (C=O) groups is 4. The molecule has 2 aliphatic rings. The summed E-state index contributed by atoms with van der Waals surface area (Å²) < 4.78 is 7.71. The van der Waals surface area contributed by atoms with E-state index >= 15 is 0 Å². The molecule has 3 heterocycles. The second-order valence-corrected chi connectivity index (χ2v) is 10.7. The standard InChI is InChI=1S/C30H35N7O5/c1-19(2)26-28-34-27(20-7-4-3-5-8-20)35-37(28)15-16-42-22-10-6-9-21(17-22)29(40)31-13-14-36(18-25(39)33-26)30(41)23-11-12-24(38)32-23/h3-10,17,19,23,26H,11-16,18H2,1-2H3,(H,31,40)(H,32,38)(H,33,39)/t23-,26+/m1/s1. The fraction of sp³-hybridized carbons (Fsp3) is 0.400. The lowest BCUT2D eigenvalue weighted by atomic mass is 10.0. The summed E-state index contributed by atoms with van der Waals surface area (Å²) in [6.45, 7) is 4.50. The summed E-state index contributed by atoms with van der Waals surface area (Å²) in [4.78, 5) is 57.7. The van der Waals surface area contributed by atoms with Gasteiger partial charge in [0.05, 0.1) is 19.1 Å². The number of amides is 4. The predicted molar refractivity (Wildman–Crippen MR) is 153 cm³/mol. The molecule has 220 valence electrons. The van der Waals surface area contributed by atoms with Crippen LogP contribution in [0.2, 0.25) is 0 Å². The van der Waals surface area contributed by atoms with Crippen molar-refractivity contribution in [3.8, 4) is 17.1 Å². The highest BCUT2D eigenvalue weighted by Gasteiger charge is 2.33. The van der Waals surface area contributed by atoms with Gasteiger partial charge in [-0.1, -0.05) is 50.2 Å². The molecule has 2 aliphatic heterocycles. The summed E-state index contributed by atoms with van der Waals surface area (Å²) in [5, 5.41) is 13.3. The third-order valence-electron chi connectivity index (χ3n) is 7.27. The first-order valence-electron chi connectivity index (χ1n) is 14.2. The first-order valence-corrected chi connectivity index (χ1v) is 14.2. The highest BCUT2D eigenvalue weighted by Crippen LogP contribution is 2.24. The molecule has 2 aromatic carbocycles. The van der Waals surface area contributed by atoms with Crippen LogP contribution >= 0.6 is 0 Å². The van der Waals surface area contributed by atoms with Gasteiger partial charge in [-0.3, -0.25) is 19.2 Å². The summed E-state index contributed by atoms with van der Waals surface area (Å²) >= 11 is 0. The van der Waals surface area contributed by atoms with Crippen LogP contribution in [0.25, 0.3) is 11.4 Å². The third kappa shape index (κ3) is 6.76. The Bertz CT molecular complexity index is 1460. The van der Waals surface area contributed by atoms with E-state index in [2.05, 4.69) is 16.0 Å². The molecule has 4 amide bonds. The van der Waals surface area contributed by atoms with E-state index in [1.807, 2.05) is 44.2 Å². The fourth-order valence-corrected chi connectivity index (χ4v) is 5.05. The minimum atomic E-state index is -0.707. The average Bonchev–Trinajstić information content (AvgIpc) is 3.61. The number of nitrogens with one attached hydrogen (secondary N) is 3. The summed E-state index contributed by atoms with van der Waals surface area (Å²) in [6.07, 6.45) is 0.606. The van der Waals surface area contributed by atoms with Gasteiger partial charge in [0.15, 0.2) is 11.6 Å². The van der Waals surface area contributed by atoms with Crippen LogP contribution in [0.15, 0.2) is 54.6 Å². The molecule has 0 unspecified atom stereocenters. The number of hydrogen-bond acceptors (Lipinski definition) is 7. The lowest BCUT2D eigenvalue weighted by molar-refractivity contribution is -0.138. The van der Waals surface area contributed by atoms with Gasteiger partial charge < -0.3 is 25.6 Å². The third-order valence-corrected chi connectivity index (χ3v) is 7.27. The molecule has 3 N–H and O–H groups in total. The maximum Gasteiger partial charge on any atom is 0.251 e. The Labute approximate surface area is 243 Å². The zero-order chi connectivity index (χ0) is 29.6. The minimum Gasteiger partial charge on any atom is -0.492 e. The molecule has 12 nitrogen and oxygen atoms in total. The van der Waals surface area contributed by atoms with Crippen LogP contribution in [0, 0.1) is 5.92 Å². The van der Waals surface area contributed by atoms with Gasteiger partial charge in [-0.15, -0.1) is 0 Å². The van der Waals surface area contributed by atoms with E-state index in [0.29, 0.717) is 35.9 Å². The number of carbonyl (C=O) groups excluding carboxylic acids is 4. The number of fused-ring (bicyclic) bond motifs is 3. The van der Waals surface area contributed by atoms with E-state index in [1.165, 1.54) is 4.90 Å². The topological polar surface area (TPSA) is 148 Å². The van der Waals surface area contributed by atoms with Crippen molar-refractivity contribution < 1.29 is 23.9 Å². The number of ether oxygens (including phenoxy) is 1. The normalized spacial score (nSPS) is 20.2. The molecule has 1 saturated heterocycles. The predicted octanol–water partition coefficient (Wildman–Crippen LogP) is 1.69. The van der Waals surface area contributed by atoms with E-state index in [-0.39, 0.29) is 62.2 Å². The average molecular weight is 574 g/mol. The molecule has 1 fully saturated rings. The first-order chi connectivity index (χ1) is 20.3. The van der Waals surface area contributed by atoms with E-state index in [1.54, 1.807) is 28.9 Å². The summed E-state index contributed by atoms with van der Waals surface area (Å²) in [5.41, 5.74) is 1.24. The molecule has 0 radical (unpaired) electrons. The van der Waals surface area contributed by atoms with Gasteiger partial charge in [-0.25, -0.2) is 9.67 Å².